The number of benzene rings is 1. The molecule has 138 valence electrons. The molecule has 0 spiro atoms. The lowest BCUT2D eigenvalue weighted by molar-refractivity contribution is 0.0767. The molecule has 0 N–H and O–H groups in total. The van der Waals surface area contributed by atoms with E-state index >= 15 is 0 Å². The highest BCUT2D eigenvalue weighted by atomic mass is 32.1. The Hall–Kier alpha value is -2.54. The molecule has 0 bridgehead atoms. The van der Waals surface area contributed by atoms with Crippen molar-refractivity contribution in [2.45, 2.75) is 25.2 Å². The lowest BCUT2D eigenvalue weighted by Gasteiger charge is -2.23. The number of amides is 1. The standard InChI is InChI=1S/C20H21N5OS/c26-20(15-4-5-18-17(10-15)23-13-27-18)25-7-1-6-24(8-9-25)19-11-16(14-2-3-14)21-12-22-19/h4-5,10-14H,1-3,6-9H2. The molecule has 2 aliphatic rings. The van der Waals surface area contributed by atoms with Crippen LogP contribution in [-0.2, 0) is 0 Å². The summed E-state index contributed by atoms with van der Waals surface area (Å²) in [5.74, 6) is 1.70. The minimum atomic E-state index is 0.0908. The van der Waals surface area contributed by atoms with Gasteiger partial charge in [-0.25, -0.2) is 15.0 Å². The van der Waals surface area contributed by atoms with Gasteiger partial charge in [0.2, 0.25) is 0 Å². The van der Waals surface area contributed by atoms with Crippen LogP contribution in [0.1, 0.15) is 41.2 Å². The van der Waals surface area contributed by atoms with Crippen LogP contribution in [0.25, 0.3) is 10.2 Å². The number of aromatic nitrogens is 3. The van der Waals surface area contributed by atoms with E-state index in [9.17, 15) is 4.79 Å². The molecule has 1 amide bonds. The van der Waals surface area contributed by atoms with Crippen molar-refractivity contribution in [3.8, 4) is 0 Å². The number of fused-ring (bicyclic) bond motifs is 1. The molecule has 0 atom stereocenters. The van der Waals surface area contributed by atoms with Gasteiger partial charge >= 0.3 is 0 Å². The van der Waals surface area contributed by atoms with Crippen LogP contribution < -0.4 is 4.90 Å². The van der Waals surface area contributed by atoms with Crippen LogP contribution in [0.4, 0.5) is 5.82 Å². The highest BCUT2D eigenvalue weighted by molar-refractivity contribution is 7.16. The van der Waals surface area contributed by atoms with Gasteiger partial charge in [-0.2, -0.15) is 0 Å². The molecule has 3 heterocycles. The summed E-state index contributed by atoms with van der Waals surface area (Å²) in [4.78, 5) is 30.4. The number of rotatable bonds is 3. The maximum absolute atomic E-state index is 13.0. The highest BCUT2D eigenvalue weighted by Crippen LogP contribution is 2.39. The van der Waals surface area contributed by atoms with Crippen molar-refractivity contribution >= 4 is 33.3 Å². The van der Waals surface area contributed by atoms with E-state index in [2.05, 4.69) is 25.9 Å². The van der Waals surface area contributed by atoms with Crippen molar-refractivity contribution in [1.82, 2.24) is 19.9 Å². The fourth-order valence-electron chi connectivity index (χ4n) is 3.66. The molecule has 27 heavy (non-hydrogen) atoms. The van der Waals surface area contributed by atoms with Gasteiger partial charge in [-0.3, -0.25) is 4.79 Å². The molecule has 1 saturated carbocycles. The van der Waals surface area contributed by atoms with Crippen LogP contribution >= 0.6 is 11.3 Å². The number of nitrogens with zero attached hydrogens (tertiary/aromatic N) is 5. The fourth-order valence-corrected chi connectivity index (χ4v) is 4.32. The third-order valence-electron chi connectivity index (χ3n) is 5.35. The molecule has 0 radical (unpaired) electrons. The molecule has 3 aromatic rings. The number of thiazole rings is 1. The van der Waals surface area contributed by atoms with Gasteiger partial charge in [0.15, 0.2) is 0 Å². The summed E-state index contributed by atoms with van der Waals surface area (Å²) < 4.78 is 1.11. The molecule has 5 rings (SSSR count). The maximum Gasteiger partial charge on any atom is 0.253 e. The summed E-state index contributed by atoms with van der Waals surface area (Å²) in [6.07, 6.45) is 5.09. The minimum Gasteiger partial charge on any atom is -0.355 e. The van der Waals surface area contributed by atoms with E-state index in [1.165, 1.54) is 12.8 Å². The third kappa shape index (κ3) is 3.39. The first kappa shape index (κ1) is 16.6. The Morgan fingerprint density at radius 2 is 1.96 bits per heavy atom. The monoisotopic (exact) mass is 379 g/mol. The summed E-state index contributed by atoms with van der Waals surface area (Å²) in [5, 5.41) is 0. The molecule has 1 saturated heterocycles. The Balaban J connectivity index is 1.30. The zero-order valence-corrected chi connectivity index (χ0v) is 15.9. The number of hydrogen-bond donors (Lipinski definition) is 0. The van der Waals surface area contributed by atoms with E-state index in [0.29, 0.717) is 12.5 Å². The van der Waals surface area contributed by atoms with Gasteiger partial charge in [0, 0.05) is 49.4 Å². The van der Waals surface area contributed by atoms with Crippen LogP contribution in [-0.4, -0.2) is 51.9 Å². The van der Waals surface area contributed by atoms with E-state index in [4.69, 9.17) is 0 Å². The van der Waals surface area contributed by atoms with Crippen molar-refractivity contribution in [1.29, 1.82) is 0 Å². The zero-order valence-electron chi connectivity index (χ0n) is 15.0. The van der Waals surface area contributed by atoms with Gasteiger partial charge in [0.1, 0.15) is 12.1 Å². The predicted molar refractivity (Wildman–Crippen MR) is 106 cm³/mol. The lowest BCUT2D eigenvalue weighted by Crippen LogP contribution is -2.35. The van der Waals surface area contributed by atoms with E-state index in [0.717, 1.165) is 53.3 Å². The molecular formula is C20H21N5OS. The first-order valence-corrected chi connectivity index (χ1v) is 10.4. The van der Waals surface area contributed by atoms with Crippen molar-refractivity contribution < 1.29 is 4.79 Å². The Bertz CT molecular complexity index is 983. The highest BCUT2D eigenvalue weighted by Gasteiger charge is 2.26. The summed E-state index contributed by atoms with van der Waals surface area (Å²) in [7, 11) is 0. The molecule has 1 aliphatic carbocycles. The first-order valence-electron chi connectivity index (χ1n) is 9.47. The van der Waals surface area contributed by atoms with E-state index in [1.807, 2.05) is 28.6 Å². The van der Waals surface area contributed by atoms with E-state index in [1.54, 1.807) is 17.7 Å². The second-order valence-electron chi connectivity index (χ2n) is 7.24. The van der Waals surface area contributed by atoms with E-state index in [-0.39, 0.29) is 5.91 Å². The normalized spacial score (nSPS) is 17.9. The molecule has 6 nitrogen and oxygen atoms in total. The average molecular weight is 379 g/mol. The van der Waals surface area contributed by atoms with Crippen LogP contribution in [0.3, 0.4) is 0 Å². The van der Waals surface area contributed by atoms with Crippen molar-refractivity contribution in [3.63, 3.8) is 0 Å². The molecule has 1 aromatic carbocycles. The van der Waals surface area contributed by atoms with Gasteiger partial charge in [0.25, 0.3) is 5.91 Å². The molecule has 0 unspecified atom stereocenters. The second-order valence-corrected chi connectivity index (χ2v) is 8.13. The van der Waals surface area contributed by atoms with Gasteiger partial charge in [0.05, 0.1) is 15.7 Å². The molecule has 2 aromatic heterocycles. The molecule has 2 fully saturated rings. The number of hydrogen-bond acceptors (Lipinski definition) is 6. The topological polar surface area (TPSA) is 62.2 Å². The summed E-state index contributed by atoms with van der Waals surface area (Å²) in [5.41, 5.74) is 4.60. The quantitative estimate of drug-likeness (QED) is 0.699. The average Bonchev–Trinajstić information content (AvgIpc) is 3.49. The van der Waals surface area contributed by atoms with Crippen LogP contribution in [0.5, 0.6) is 0 Å². The van der Waals surface area contributed by atoms with Gasteiger partial charge in [-0.05, 0) is 37.5 Å². The SMILES string of the molecule is O=C(c1ccc2scnc2c1)N1CCCN(c2cc(C3CC3)ncn2)CC1. The van der Waals surface area contributed by atoms with Gasteiger partial charge in [-0.1, -0.05) is 0 Å². The third-order valence-corrected chi connectivity index (χ3v) is 6.16. The van der Waals surface area contributed by atoms with Crippen molar-refractivity contribution in [2.75, 3.05) is 31.1 Å². The number of anilines is 1. The van der Waals surface area contributed by atoms with Crippen LogP contribution in [0.2, 0.25) is 0 Å². The van der Waals surface area contributed by atoms with Gasteiger partial charge in [-0.15, -0.1) is 11.3 Å². The smallest absolute Gasteiger partial charge is 0.253 e. The summed E-state index contributed by atoms with van der Waals surface area (Å²) in [6.45, 7) is 3.18. The van der Waals surface area contributed by atoms with Crippen LogP contribution in [0.15, 0.2) is 36.1 Å². The van der Waals surface area contributed by atoms with Crippen molar-refractivity contribution in [2.24, 2.45) is 0 Å². The number of carbonyl (C=O) groups excluding carboxylic acids is 1. The Labute approximate surface area is 161 Å². The Morgan fingerprint density at radius 3 is 2.85 bits per heavy atom. The fraction of sp³-hybridized carbons (Fsp3) is 0.400. The minimum absolute atomic E-state index is 0.0908. The maximum atomic E-state index is 13.0. The molecular weight excluding hydrogens is 358 g/mol. The Morgan fingerprint density at radius 1 is 1.04 bits per heavy atom. The molecule has 1 aliphatic heterocycles. The van der Waals surface area contributed by atoms with E-state index < -0.39 is 0 Å². The van der Waals surface area contributed by atoms with Crippen molar-refractivity contribution in [3.05, 3.63) is 47.4 Å². The Kier molecular flexibility index (Phi) is 4.24. The van der Waals surface area contributed by atoms with Gasteiger partial charge < -0.3 is 9.80 Å². The molecule has 7 heteroatoms. The predicted octanol–water partition coefficient (Wildman–Crippen LogP) is 3.32. The zero-order chi connectivity index (χ0) is 18.2. The van der Waals surface area contributed by atoms with Crippen LogP contribution in [0, 0.1) is 0 Å². The summed E-state index contributed by atoms with van der Waals surface area (Å²) >= 11 is 1.60. The largest absolute Gasteiger partial charge is 0.355 e. The number of carbonyl (C=O) groups is 1. The lowest BCUT2D eigenvalue weighted by atomic mass is 10.2. The first-order chi connectivity index (χ1) is 13.3. The summed E-state index contributed by atoms with van der Waals surface area (Å²) in [6, 6.07) is 7.94. The second kappa shape index (κ2) is 6.88.